The van der Waals surface area contributed by atoms with Crippen LogP contribution in [-0.2, 0) is 9.59 Å². The molecule has 0 aromatic heterocycles. The van der Waals surface area contributed by atoms with E-state index in [0.717, 1.165) is 13.0 Å². The molecule has 200 valence electrons. The van der Waals surface area contributed by atoms with E-state index in [4.69, 9.17) is 23.2 Å². The van der Waals surface area contributed by atoms with Crippen molar-refractivity contribution in [2.45, 2.75) is 56.8 Å². The predicted octanol–water partition coefficient (Wildman–Crippen LogP) is 6.46. The molecule has 2 N–H and O–H groups in total. The Kier molecular flexibility index (Phi) is 8.12. The topological polar surface area (TPSA) is 69.6 Å². The predicted molar refractivity (Wildman–Crippen MR) is 136 cm³/mol. The number of hydrogen-bond donors (Lipinski definition) is 2. The van der Waals surface area contributed by atoms with Gasteiger partial charge in [-0.3, -0.25) is 9.59 Å². The van der Waals surface area contributed by atoms with Crippen molar-refractivity contribution in [3.63, 3.8) is 0 Å². The van der Waals surface area contributed by atoms with Crippen molar-refractivity contribution in [3.05, 3.63) is 69.7 Å². The molecule has 2 fully saturated rings. The zero-order valence-electron chi connectivity index (χ0n) is 20.3. The highest BCUT2D eigenvalue weighted by molar-refractivity contribution is 6.30. The molecule has 0 bridgehead atoms. The fraction of sp³-hybridized carbons (Fsp3) is 0.481. The number of carboxylic acids is 1. The monoisotopic (exact) mass is 556 g/mol. The van der Waals surface area contributed by atoms with Crippen LogP contribution in [0.5, 0.6) is 0 Å². The van der Waals surface area contributed by atoms with Crippen LogP contribution in [0.4, 0.5) is 13.2 Å². The van der Waals surface area contributed by atoms with Gasteiger partial charge in [0, 0.05) is 35.0 Å². The zero-order valence-corrected chi connectivity index (χ0v) is 21.8. The lowest BCUT2D eigenvalue weighted by Crippen LogP contribution is -2.62. The third-order valence-corrected chi connectivity index (χ3v) is 8.18. The van der Waals surface area contributed by atoms with Gasteiger partial charge >= 0.3 is 12.1 Å². The summed E-state index contributed by atoms with van der Waals surface area (Å²) in [6, 6.07) is 12.3. The van der Waals surface area contributed by atoms with Crippen molar-refractivity contribution in [1.29, 1.82) is 0 Å². The Morgan fingerprint density at radius 2 is 1.84 bits per heavy atom. The lowest BCUT2D eigenvalue weighted by Gasteiger charge is -2.56. The first-order valence-corrected chi connectivity index (χ1v) is 13.0. The minimum atomic E-state index is -4.62. The summed E-state index contributed by atoms with van der Waals surface area (Å²) < 4.78 is 42.4. The van der Waals surface area contributed by atoms with Gasteiger partial charge in [-0.15, -0.1) is 0 Å². The summed E-state index contributed by atoms with van der Waals surface area (Å²) >= 11 is 12.4. The Balaban J connectivity index is 2.00. The van der Waals surface area contributed by atoms with Crippen molar-refractivity contribution < 1.29 is 27.9 Å². The highest BCUT2D eigenvalue weighted by Gasteiger charge is 2.60. The molecule has 2 saturated heterocycles. The van der Waals surface area contributed by atoms with Gasteiger partial charge < -0.3 is 15.3 Å². The van der Waals surface area contributed by atoms with Crippen LogP contribution in [0.25, 0.3) is 0 Å². The number of halogens is 5. The number of aliphatic carboxylic acids is 1. The molecule has 4 rings (SSSR count). The van der Waals surface area contributed by atoms with Gasteiger partial charge in [0.15, 0.2) is 0 Å². The molecule has 1 amide bonds. The quantitative estimate of drug-likeness (QED) is 0.428. The van der Waals surface area contributed by atoms with Crippen LogP contribution in [0.15, 0.2) is 48.5 Å². The summed E-state index contributed by atoms with van der Waals surface area (Å²) in [6.45, 7) is 2.61. The van der Waals surface area contributed by atoms with Crippen LogP contribution in [-0.4, -0.2) is 47.2 Å². The molecule has 0 aliphatic carbocycles. The van der Waals surface area contributed by atoms with E-state index in [9.17, 15) is 27.9 Å². The first-order chi connectivity index (χ1) is 17.4. The van der Waals surface area contributed by atoms with Crippen molar-refractivity contribution in [2.75, 3.05) is 13.1 Å². The normalized spacial score (nSPS) is 28.8. The summed E-state index contributed by atoms with van der Waals surface area (Å²) in [5.74, 6) is -4.11. The number of hydrogen-bond acceptors (Lipinski definition) is 3. The van der Waals surface area contributed by atoms with Gasteiger partial charge in [-0.25, -0.2) is 0 Å². The molecule has 2 aromatic carbocycles. The van der Waals surface area contributed by atoms with Gasteiger partial charge in [0.05, 0.1) is 17.9 Å². The summed E-state index contributed by atoms with van der Waals surface area (Å²) in [6.07, 6.45) is -5.21. The van der Waals surface area contributed by atoms with E-state index >= 15 is 0 Å². The Hall–Kier alpha value is -2.29. The number of likely N-dealkylation sites (tertiary alicyclic amines) is 1. The number of piperidine rings is 2. The second-order valence-corrected chi connectivity index (χ2v) is 11.1. The minimum Gasteiger partial charge on any atom is -0.481 e. The maximum atomic E-state index is 14.3. The summed E-state index contributed by atoms with van der Waals surface area (Å²) in [7, 11) is 0. The first kappa shape index (κ1) is 27.7. The highest BCUT2D eigenvalue weighted by Crippen LogP contribution is 2.58. The third-order valence-electron chi connectivity index (χ3n) is 7.69. The van der Waals surface area contributed by atoms with E-state index < -0.39 is 54.2 Å². The highest BCUT2D eigenvalue weighted by atomic mass is 35.5. The molecular formula is C27H29Cl2F3N2O3. The van der Waals surface area contributed by atoms with Crippen LogP contribution in [0.1, 0.15) is 55.7 Å². The average Bonchev–Trinajstić information content (AvgIpc) is 2.82. The van der Waals surface area contributed by atoms with Crippen LogP contribution in [0.3, 0.4) is 0 Å². The van der Waals surface area contributed by atoms with E-state index in [2.05, 4.69) is 5.32 Å². The molecule has 2 heterocycles. The van der Waals surface area contributed by atoms with E-state index in [0.29, 0.717) is 34.1 Å². The van der Waals surface area contributed by atoms with E-state index in [1.807, 2.05) is 0 Å². The van der Waals surface area contributed by atoms with Crippen molar-refractivity contribution in [1.82, 2.24) is 10.2 Å². The maximum absolute atomic E-state index is 14.3. The fourth-order valence-electron chi connectivity index (χ4n) is 6.11. The van der Waals surface area contributed by atoms with Gasteiger partial charge in [0.1, 0.15) is 0 Å². The summed E-state index contributed by atoms with van der Waals surface area (Å²) in [5, 5.41) is 13.9. The van der Waals surface area contributed by atoms with Gasteiger partial charge in [-0.05, 0) is 67.6 Å². The Morgan fingerprint density at radius 3 is 2.41 bits per heavy atom. The summed E-state index contributed by atoms with van der Waals surface area (Å²) in [5.41, 5.74) is -0.633. The number of carbonyl (C=O) groups excluding carboxylic acids is 1. The van der Waals surface area contributed by atoms with Gasteiger partial charge in [-0.2, -0.15) is 13.2 Å². The van der Waals surface area contributed by atoms with Crippen molar-refractivity contribution in [3.8, 4) is 0 Å². The maximum Gasteiger partial charge on any atom is 0.389 e. The average molecular weight is 557 g/mol. The number of carboxylic acid groups (broad SMARTS) is 1. The van der Waals surface area contributed by atoms with Crippen LogP contribution >= 0.6 is 23.2 Å². The zero-order chi connectivity index (χ0) is 27.0. The molecule has 0 saturated carbocycles. The smallest absolute Gasteiger partial charge is 0.389 e. The molecule has 2 aliphatic rings. The Bertz CT molecular complexity index is 1140. The summed E-state index contributed by atoms with van der Waals surface area (Å²) in [4.78, 5) is 27.9. The second-order valence-electron chi connectivity index (χ2n) is 10.2. The lowest BCUT2D eigenvalue weighted by atomic mass is 9.58. The van der Waals surface area contributed by atoms with Gasteiger partial charge in [-0.1, -0.05) is 47.5 Å². The number of rotatable bonds is 6. The van der Waals surface area contributed by atoms with E-state index in [1.165, 1.54) is 6.92 Å². The van der Waals surface area contributed by atoms with Gasteiger partial charge in [0.2, 0.25) is 5.91 Å². The molecule has 0 radical (unpaired) electrons. The lowest BCUT2D eigenvalue weighted by molar-refractivity contribution is -0.187. The van der Waals surface area contributed by atoms with Crippen LogP contribution < -0.4 is 5.32 Å². The molecule has 0 spiro atoms. The number of alkyl halides is 3. The fourth-order valence-corrected chi connectivity index (χ4v) is 6.44. The van der Waals surface area contributed by atoms with Crippen molar-refractivity contribution in [2.24, 2.45) is 11.3 Å². The molecule has 1 unspecified atom stereocenters. The Labute approximate surface area is 223 Å². The van der Waals surface area contributed by atoms with Crippen LogP contribution in [0, 0.1) is 11.3 Å². The second kappa shape index (κ2) is 10.8. The SMILES string of the molecule is C[C@@]1(CC(=O)O)C(=O)N([C@@H]2CCCNC2)[C@H](c2ccc(Cl)cc2)[C@@H](c2cccc(Cl)c2)C1CC(F)(F)F. The van der Waals surface area contributed by atoms with Crippen LogP contribution in [0.2, 0.25) is 10.0 Å². The standard InChI is InChI=1S/C27H29Cl2F3N2O3/c1-26(14-22(35)36)21(13-27(30,31)32)23(17-4-2-5-19(29)12-17)24(16-7-9-18(28)10-8-16)34(25(26)37)20-6-3-11-33-15-20/h2,4-5,7-10,12,20-21,23-24,33H,3,6,11,13-15H2,1H3,(H,35,36)/t20-,21?,23+,24-,26+/m1/s1. The molecule has 5 atom stereocenters. The van der Waals surface area contributed by atoms with Crippen molar-refractivity contribution >= 4 is 35.1 Å². The molecular weight excluding hydrogens is 528 g/mol. The molecule has 37 heavy (non-hydrogen) atoms. The first-order valence-electron chi connectivity index (χ1n) is 12.2. The number of benzene rings is 2. The third kappa shape index (κ3) is 5.91. The van der Waals surface area contributed by atoms with E-state index in [1.54, 1.807) is 53.4 Å². The number of nitrogens with one attached hydrogen (secondary N) is 1. The number of carbonyl (C=O) groups is 2. The number of nitrogens with zero attached hydrogens (tertiary/aromatic N) is 1. The molecule has 5 nitrogen and oxygen atoms in total. The number of amides is 1. The minimum absolute atomic E-state index is 0.316. The Morgan fingerprint density at radius 1 is 1.14 bits per heavy atom. The van der Waals surface area contributed by atoms with E-state index in [-0.39, 0.29) is 6.04 Å². The molecule has 2 aromatic rings. The molecule has 2 aliphatic heterocycles. The van der Waals surface area contributed by atoms with Gasteiger partial charge in [0.25, 0.3) is 0 Å². The molecule has 10 heteroatoms. The largest absolute Gasteiger partial charge is 0.481 e.